The Balaban J connectivity index is 1.82. The second-order valence-electron chi connectivity index (χ2n) is 7.38. The summed E-state index contributed by atoms with van der Waals surface area (Å²) in [6, 6.07) is 17.1. The van der Waals surface area contributed by atoms with Gasteiger partial charge < -0.3 is 19.2 Å². The maximum Gasteiger partial charge on any atom is 0.296 e. The van der Waals surface area contributed by atoms with Gasteiger partial charge in [0.2, 0.25) is 0 Å². The lowest BCUT2D eigenvalue weighted by Gasteiger charge is -2.24. The molecule has 1 fully saturated rings. The lowest BCUT2D eigenvalue weighted by Crippen LogP contribution is -2.29. The highest BCUT2D eigenvalue weighted by atomic mass is 16.5. The van der Waals surface area contributed by atoms with Gasteiger partial charge in [0.25, 0.3) is 11.7 Å². The normalized spacial score (nSPS) is 17.9. The molecule has 1 aromatic heterocycles. The molecule has 0 bridgehead atoms. The summed E-state index contributed by atoms with van der Waals surface area (Å²) < 4.78 is 10.9. The molecular formula is C25H23NO5. The van der Waals surface area contributed by atoms with E-state index in [1.807, 2.05) is 38.1 Å². The number of furan rings is 1. The average Bonchev–Trinajstić information content (AvgIpc) is 3.36. The third kappa shape index (κ3) is 3.97. The van der Waals surface area contributed by atoms with E-state index in [-0.39, 0.29) is 17.9 Å². The molecule has 1 unspecified atom stereocenters. The number of hydrogen-bond acceptors (Lipinski definition) is 5. The number of amides is 1. The van der Waals surface area contributed by atoms with Gasteiger partial charge in [-0.15, -0.1) is 0 Å². The van der Waals surface area contributed by atoms with E-state index in [2.05, 4.69) is 0 Å². The number of aryl methyl sites for hydroxylation is 1. The third-order valence-electron chi connectivity index (χ3n) is 5.24. The van der Waals surface area contributed by atoms with Crippen molar-refractivity contribution in [3.63, 3.8) is 0 Å². The van der Waals surface area contributed by atoms with Crippen molar-refractivity contribution in [1.29, 1.82) is 0 Å². The van der Waals surface area contributed by atoms with Crippen LogP contribution in [0, 0.1) is 6.92 Å². The zero-order chi connectivity index (χ0) is 22.0. The van der Waals surface area contributed by atoms with E-state index in [1.165, 1.54) is 11.2 Å². The molecule has 31 heavy (non-hydrogen) atoms. The lowest BCUT2D eigenvalue weighted by atomic mass is 9.94. The molecule has 1 amide bonds. The molecule has 6 heteroatoms. The Kier molecular flexibility index (Phi) is 5.62. The Labute approximate surface area is 180 Å². The monoisotopic (exact) mass is 417 g/mol. The van der Waals surface area contributed by atoms with Crippen LogP contribution in [0.5, 0.6) is 5.75 Å². The Bertz CT molecular complexity index is 1130. The van der Waals surface area contributed by atoms with E-state index in [0.29, 0.717) is 23.7 Å². The molecule has 0 saturated carbocycles. The van der Waals surface area contributed by atoms with Crippen LogP contribution in [-0.4, -0.2) is 28.3 Å². The average molecular weight is 417 g/mol. The van der Waals surface area contributed by atoms with E-state index in [1.54, 1.807) is 36.4 Å². The summed E-state index contributed by atoms with van der Waals surface area (Å²) >= 11 is 0. The van der Waals surface area contributed by atoms with Crippen molar-refractivity contribution in [1.82, 2.24) is 4.90 Å². The predicted octanol–water partition coefficient (Wildman–Crippen LogP) is 4.61. The molecule has 1 saturated heterocycles. The zero-order valence-corrected chi connectivity index (χ0v) is 17.4. The Morgan fingerprint density at radius 2 is 1.87 bits per heavy atom. The quantitative estimate of drug-likeness (QED) is 0.360. The molecule has 0 radical (unpaired) electrons. The summed E-state index contributed by atoms with van der Waals surface area (Å²) in [5.41, 5.74) is 2.24. The van der Waals surface area contributed by atoms with Gasteiger partial charge in [0.15, 0.2) is 0 Å². The van der Waals surface area contributed by atoms with Gasteiger partial charge in [-0.3, -0.25) is 9.59 Å². The van der Waals surface area contributed by atoms with Crippen LogP contribution in [-0.2, 0) is 16.1 Å². The fraction of sp³-hybridized carbons (Fsp3) is 0.200. The molecule has 1 aliphatic rings. The summed E-state index contributed by atoms with van der Waals surface area (Å²) in [6.07, 6.45) is 1.52. The van der Waals surface area contributed by atoms with Gasteiger partial charge in [-0.2, -0.15) is 0 Å². The smallest absolute Gasteiger partial charge is 0.296 e. The summed E-state index contributed by atoms with van der Waals surface area (Å²) in [4.78, 5) is 27.4. The first-order chi connectivity index (χ1) is 15.0. The number of aliphatic hydroxyl groups is 1. The minimum Gasteiger partial charge on any atom is -0.507 e. The number of likely N-dealkylation sites (tertiary alicyclic amines) is 1. The number of carbonyl (C=O) groups is 2. The number of benzene rings is 2. The molecule has 1 atom stereocenters. The highest BCUT2D eigenvalue weighted by molar-refractivity contribution is 6.46. The number of Topliss-reactive ketones (excluding diaryl/α,β-unsaturated/α-hetero) is 1. The van der Waals surface area contributed by atoms with Gasteiger partial charge in [-0.1, -0.05) is 29.8 Å². The maximum absolute atomic E-state index is 13.0. The molecule has 1 aliphatic heterocycles. The molecule has 2 heterocycles. The standard InChI is InChI=1S/C25H23NO5/c1-3-30-19-11-9-17(10-12-19)23(27)21-22(18-7-4-6-16(2)14-18)26(25(29)24(21)28)15-20-8-5-13-31-20/h4-14,22,27H,3,15H2,1-2H3/b23-21-. The van der Waals surface area contributed by atoms with Crippen LogP contribution in [0.3, 0.4) is 0 Å². The second kappa shape index (κ2) is 8.52. The van der Waals surface area contributed by atoms with E-state index in [0.717, 1.165) is 11.1 Å². The van der Waals surface area contributed by atoms with Crippen molar-refractivity contribution < 1.29 is 23.8 Å². The first kappa shape index (κ1) is 20.5. The van der Waals surface area contributed by atoms with E-state index in [4.69, 9.17) is 9.15 Å². The van der Waals surface area contributed by atoms with Crippen molar-refractivity contribution in [3.8, 4) is 5.75 Å². The van der Waals surface area contributed by atoms with Crippen LogP contribution in [0.2, 0.25) is 0 Å². The number of aliphatic hydroxyl groups excluding tert-OH is 1. The summed E-state index contributed by atoms with van der Waals surface area (Å²) in [7, 11) is 0. The number of ether oxygens (including phenoxy) is 1. The summed E-state index contributed by atoms with van der Waals surface area (Å²) in [5, 5.41) is 11.1. The molecule has 0 aliphatic carbocycles. The topological polar surface area (TPSA) is 80.0 Å². The fourth-order valence-electron chi connectivity index (χ4n) is 3.83. The fourth-order valence-corrected chi connectivity index (χ4v) is 3.83. The van der Waals surface area contributed by atoms with Crippen LogP contribution in [0.15, 0.2) is 76.9 Å². The van der Waals surface area contributed by atoms with Gasteiger partial charge in [-0.25, -0.2) is 0 Å². The number of nitrogens with zero attached hydrogens (tertiary/aromatic N) is 1. The van der Waals surface area contributed by atoms with Crippen molar-refractivity contribution >= 4 is 17.4 Å². The van der Waals surface area contributed by atoms with Crippen molar-refractivity contribution in [3.05, 3.63) is 95.0 Å². The Morgan fingerprint density at radius 3 is 2.52 bits per heavy atom. The van der Waals surface area contributed by atoms with Crippen LogP contribution in [0.4, 0.5) is 0 Å². The predicted molar refractivity (Wildman–Crippen MR) is 115 cm³/mol. The van der Waals surface area contributed by atoms with Gasteiger partial charge in [0.05, 0.1) is 31.0 Å². The molecule has 4 rings (SSSR count). The van der Waals surface area contributed by atoms with E-state index in [9.17, 15) is 14.7 Å². The number of rotatable bonds is 6. The van der Waals surface area contributed by atoms with Crippen LogP contribution in [0.25, 0.3) is 5.76 Å². The minimum absolute atomic E-state index is 0.0614. The lowest BCUT2D eigenvalue weighted by molar-refractivity contribution is -0.140. The van der Waals surface area contributed by atoms with Crippen molar-refractivity contribution in [2.24, 2.45) is 0 Å². The first-order valence-corrected chi connectivity index (χ1v) is 10.1. The first-order valence-electron chi connectivity index (χ1n) is 10.1. The van der Waals surface area contributed by atoms with E-state index < -0.39 is 17.7 Å². The second-order valence-corrected chi connectivity index (χ2v) is 7.38. The summed E-state index contributed by atoms with van der Waals surface area (Å²) in [6.45, 7) is 4.47. The molecule has 158 valence electrons. The minimum atomic E-state index is -0.725. The zero-order valence-electron chi connectivity index (χ0n) is 17.4. The molecule has 1 N–H and O–H groups in total. The molecule has 6 nitrogen and oxygen atoms in total. The van der Waals surface area contributed by atoms with Gasteiger partial charge in [0.1, 0.15) is 17.3 Å². The highest BCUT2D eigenvalue weighted by Gasteiger charge is 2.46. The Hall–Kier alpha value is -3.80. The molecule has 3 aromatic rings. The molecular weight excluding hydrogens is 394 g/mol. The Morgan fingerprint density at radius 1 is 1.10 bits per heavy atom. The van der Waals surface area contributed by atoms with Crippen LogP contribution in [0.1, 0.15) is 35.4 Å². The van der Waals surface area contributed by atoms with Crippen LogP contribution >= 0.6 is 0 Å². The number of ketones is 1. The SMILES string of the molecule is CCOc1ccc(/C(O)=C2/C(=O)C(=O)N(Cc3ccco3)C2c2cccc(C)c2)cc1. The van der Waals surface area contributed by atoms with Crippen molar-refractivity contribution in [2.45, 2.75) is 26.4 Å². The number of carbonyl (C=O) groups excluding carboxylic acids is 2. The molecule has 0 spiro atoms. The largest absolute Gasteiger partial charge is 0.507 e. The third-order valence-corrected chi connectivity index (χ3v) is 5.24. The van der Waals surface area contributed by atoms with Crippen molar-refractivity contribution in [2.75, 3.05) is 6.61 Å². The highest BCUT2D eigenvalue weighted by Crippen LogP contribution is 2.40. The van der Waals surface area contributed by atoms with Crippen LogP contribution < -0.4 is 4.74 Å². The van der Waals surface area contributed by atoms with Gasteiger partial charge >= 0.3 is 0 Å². The molecule has 2 aromatic carbocycles. The maximum atomic E-state index is 13.0. The van der Waals surface area contributed by atoms with Gasteiger partial charge in [-0.05, 0) is 55.8 Å². The van der Waals surface area contributed by atoms with E-state index >= 15 is 0 Å². The van der Waals surface area contributed by atoms with Gasteiger partial charge in [0, 0.05) is 5.56 Å². The summed E-state index contributed by atoms with van der Waals surface area (Å²) in [5.74, 6) is -0.386. The number of hydrogen-bond donors (Lipinski definition) is 1.